The van der Waals surface area contributed by atoms with E-state index in [9.17, 15) is 14.7 Å². The number of ether oxygens (including phenoxy) is 3. The third kappa shape index (κ3) is 11.7. The van der Waals surface area contributed by atoms with Crippen LogP contribution in [0, 0.1) is 0 Å². The van der Waals surface area contributed by atoms with Crippen molar-refractivity contribution in [1.82, 2.24) is 5.32 Å². The van der Waals surface area contributed by atoms with Crippen molar-refractivity contribution in [2.45, 2.75) is 38.5 Å². The summed E-state index contributed by atoms with van der Waals surface area (Å²) in [6, 6.07) is 7.59. The van der Waals surface area contributed by atoms with E-state index in [2.05, 4.69) is 26.1 Å². The quantitative estimate of drug-likeness (QED) is 0.467. The maximum absolute atomic E-state index is 9.84. The van der Waals surface area contributed by atoms with E-state index >= 15 is 0 Å². The van der Waals surface area contributed by atoms with Crippen LogP contribution in [0.3, 0.4) is 0 Å². The van der Waals surface area contributed by atoms with Crippen LogP contribution in [0.4, 0.5) is 0 Å². The maximum atomic E-state index is 9.84. The van der Waals surface area contributed by atoms with Crippen LogP contribution in [-0.2, 0) is 14.3 Å². The summed E-state index contributed by atoms with van der Waals surface area (Å²) in [5.41, 5.74) is -0.00892. The van der Waals surface area contributed by atoms with Gasteiger partial charge in [0.2, 0.25) is 0 Å². The van der Waals surface area contributed by atoms with E-state index < -0.39 is 18.0 Å². The number of nitrogens with one attached hydrogen (secondary N) is 1. The Morgan fingerprint density at radius 1 is 1.21 bits per heavy atom. The van der Waals surface area contributed by atoms with Gasteiger partial charge in [0.15, 0.2) is 17.6 Å². The Morgan fingerprint density at radius 3 is 2.34 bits per heavy atom. The van der Waals surface area contributed by atoms with Crippen LogP contribution < -0.4 is 14.8 Å². The number of fused-ring (bicyclic) bond motifs is 1. The van der Waals surface area contributed by atoms with Crippen LogP contribution in [0.25, 0.3) is 0 Å². The van der Waals surface area contributed by atoms with Gasteiger partial charge in [-0.05, 0) is 32.9 Å². The molecule has 1 heterocycles. The van der Waals surface area contributed by atoms with E-state index in [1.54, 1.807) is 0 Å². The van der Waals surface area contributed by atoms with Crippen molar-refractivity contribution < 1.29 is 39.1 Å². The molecule has 1 aromatic rings. The van der Waals surface area contributed by atoms with E-state index in [0.717, 1.165) is 11.5 Å². The Balaban J connectivity index is 0.000000447. The molecule has 2 rings (SSSR count). The Morgan fingerprint density at radius 2 is 1.79 bits per heavy atom. The van der Waals surface area contributed by atoms with E-state index in [4.69, 9.17) is 24.4 Å². The van der Waals surface area contributed by atoms with Gasteiger partial charge in [0.25, 0.3) is 0 Å². The molecule has 1 aliphatic heterocycles. The molecule has 2 unspecified atom stereocenters. The lowest BCUT2D eigenvalue weighted by Gasteiger charge is -2.27. The Bertz CT molecular complexity index is 667. The van der Waals surface area contributed by atoms with Crippen molar-refractivity contribution >= 4 is 11.9 Å². The number of para-hydroxylation sites is 2. The van der Waals surface area contributed by atoms with Crippen LogP contribution in [0.1, 0.15) is 20.8 Å². The Kier molecular flexibility index (Phi) is 10.1. The highest BCUT2D eigenvalue weighted by atomic mass is 16.6. The zero-order chi connectivity index (χ0) is 21.9. The molecule has 0 saturated heterocycles. The predicted octanol–water partition coefficient (Wildman–Crippen LogP) is 1.30. The first-order valence-corrected chi connectivity index (χ1v) is 9.10. The lowest BCUT2D eigenvalue weighted by atomic mass is 10.1. The summed E-state index contributed by atoms with van der Waals surface area (Å²) in [6.07, 6.45) is 0.452. The Hall–Kier alpha value is -2.62. The second-order valence-corrected chi connectivity index (χ2v) is 7.33. The normalized spacial score (nSPS) is 16.6. The van der Waals surface area contributed by atoms with Crippen LogP contribution in [0.5, 0.6) is 11.5 Å². The number of aliphatic hydroxyl groups is 1. The third-order valence-electron chi connectivity index (χ3n) is 3.42. The molecule has 0 amide bonds. The van der Waals surface area contributed by atoms with Gasteiger partial charge in [-0.1, -0.05) is 12.1 Å². The number of carbonyl (C=O) groups is 2. The second kappa shape index (κ2) is 12.1. The summed E-state index contributed by atoms with van der Waals surface area (Å²) in [6.45, 7) is 7.84. The van der Waals surface area contributed by atoms with Crippen molar-refractivity contribution in [3.63, 3.8) is 0 Å². The van der Waals surface area contributed by atoms with Crippen LogP contribution in [0.15, 0.2) is 36.4 Å². The molecule has 1 aromatic carbocycles. The fraction of sp³-hybridized carbons (Fsp3) is 0.500. The first-order chi connectivity index (χ1) is 13.6. The topological polar surface area (TPSA) is 135 Å². The monoisotopic (exact) mass is 411 g/mol. The molecule has 9 heteroatoms. The van der Waals surface area contributed by atoms with Gasteiger partial charge in [-0.15, -0.1) is 0 Å². The van der Waals surface area contributed by atoms with Crippen LogP contribution in [0.2, 0.25) is 0 Å². The minimum absolute atomic E-state index is 0.00892. The number of carboxylic acids is 2. The van der Waals surface area contributed by atoms with E-state index in [1.165, 1.54) is 0 Å². The Labute approximate surface area is 169 Å². The number of aliphatic hydroxyl groups excluding tert-OH is 1. The fourth-order valence-corrected chi connectivity index (χ4v) is 2.11. The molecule has 162 valence electrons. The molecule has 0 bridgehead atoms. The minimum atomic E-state index is -1.26. The van der Waals surface area contributed by atoms with Crippen molar-refractivity contribution in [1.29, 1.82) is 0 Å². The summed E-state index contributed by atoms with van der Waals surface area (Å²) < 4.78 is 16.9. The van der Waals surface area contributed by atoms with Crippen molar-refractivity contribution in [3.8, 4) is 11.5 Å². The lowest BCUT2D eigenvalue weighted by Crippen LogP contribution is -2.42. The molecule has 9 nitrogen and oxygen atoms in total. The molecule has 0 radical (unpaired) electrons. The van der Waals surface area contributed by atoms with Gasteiger partial charge in [-0.3, -0.25) is 0 Å². The molecule has 0 aromatic heterocycles. The summed E-state index contributed by atoms with van der Waals surface area (Å²) in [7, 11) is 0. The summed E-state index contributed by atoms with van der Waals surface area (Å²) in [4.78, 5) is 19.1. The zero-order valence-corrected chi connectivity index (χ0v) is 16.8. The van der Waals surface area contributed by atoms with Gasteiger partial charge in [0, 0.05) is 24.2 Å². The van der Waals surface area contributed by atoms with Crippen molar-refractivity contribution in [3.05, 3.63) is 36.4 Å². The molecule has 4 N–H and O–H groups in total. The lowest BCUT2D eigenvalue weighted by molar-refractivity contribution is -0.134. The van der Waals surface area contributed by atoms with Crippen LogP contribution in [-0.4, -0.2) is 71.4 Å². The SMILES string of the molecule is CC(C)(C)NCC(O)COCC1COc2ccccc2O1.O=C(O)/C=C\C(=O)O. The average Bonchev–Trinajstić information content (AvgIpc) is 2.64. The highest BCUT2D eigenvalue weighted by Gasteiger charge is 2.21. The molecule has 1 aliphatic rings. The molecule has 2 atom stereocenters. The average molecular weight is 411 g/mol. The van der Waals surface area contributed by atoms with Crippen LogP contribution >= 0.6 is 0 Å². The molecule has 0 fully saturated rings. The smallest absolute Gasteiger partial charge is 0.328 e. The van der Waals surface area contributed by atoms with Gasteiger partial charge in [0.05, 0.1) is 19.3 Å². The van der Waals surface area contributed by atoms with Gasteiger partial charge in [-0.2, -0.15) is 0 Å². The summed E-state index contributed by atoms with van der Waals surface area (Å²) in [5.74, 6) is -1.00. The second-order valence-electron chi connectivity index (χ2n) is 7.33. The largest absolute Gasteiger partial charge is 0.486 e. The molecular weight excluding hydrogens is 382 g/mol. The first kappa shape index (κ1) is 24.4. The number of rotatable bonds is 8. The van der Waals surface area contributed by atoms with Gasteiger partial charge in [-0.25, -0.2) is 9.59 Å². The van der Waals surface area contributed by atoms with Gasteiger partial charge in [0.1, 0.15) is 6.61 Å². The van der Waals surface area contributed by atoms with Crippen molar-refractivity contribution in [2.24, 2.45) is 0 Å². The number of hydrogen-bond acceptors (Lipinski definition) is 7. The number of β-amino-alcohol motifs (C(OH)–C–C–N with tert-alkyl or cyclic N) is 1. The third-order valence-corrected chi connectivity index (χ3v) is 3.42. The van der Waals surface area contributed by atoms with E-state index in [-0.39, 0.29) is 18.2 Å². The molecule has 0 spiro atoms. The van der Waals surface area contributed by atoms with Gasteiger partial charge >= 0.3 is 11.9 Å². The minimum Gasteiger partial charge on any atom is -0.486 e. The number of benzene rings is 1. The molecular formula is C20H29NO8. The van der Waals surface area contributed by atoms with Gasteiger partial charge < -0.3 is 34.8 Å². The van der Waals surface area contributed by atoms with Crippen molar-refractivity contribution in [2.75, 3.05) is 26.4 Å². The number of aliphatic carboxylic acids is 2. The number of hydrogen-bond donors (Lipinski definition) is 4. The predicted molar refractivity (Wildman–Crippen MR) is 105 cm³/mol. The summed E-state index contributed by atoms with van der Waals surface area (Å²) >= 11 is 0. The highest BCUT2D eigenvalue weighted by Crippen LogP contribution is 2.30. The first-order valence-electron chi connectivity index (χ1n) is 9.10. The summed E-state index contributed by atoms with van der Waals surface area (Å²) in [5, 5.41) is 28.7. The molecule has 0 saturated carbocycles. The molecule has 0 aliphatic carbocycles. The molecule has 29 heavy (non-hydrogen) atoms. The zero-order valence-electron chi connectivity index (χ0n) is 16.8. The fourth-order valence-electron chi connectivity index (χ4n) is 2.11. The van der Waals surface area contributed by atoms with E-state index in [1.807, 2.05) is 24.3 Å². The number of carboxylic acid groups (broad SMARTS) is 2. The van der Waals surface area contributed by atoms with E-state index in [0.29, 0.717) is 31.9 Å². The standard InChI is InChI=1S/C16H25NO4.C4H4O4/c1-16(2,3)17-8-12(18)9-19-10-13-11-20-14-6-4-5-7-15(14)21-13;5-3(6)1-2-4(7)8/h4-7,12-13,17-18H,8-11H2,1-3H3;1-2H,(H,5,6)(H,7,8)/b;2-1-. The highest BCUT2D eigenvalue weighted by molar-refractivity contribution is 5.89. The maximum Gasteiger partial charge on any atom is 0.328 e.